The van der Waals surface area contributed by atoms with Crippen LogP contribution in [0.1, 0.15) is 5.89 Å². The van der Waals surface area contributed by atoms with Crippen molar-refractivity contribution >= 4 is 23.4 Å². The molecule has 8 heteroatoms. The number of likely N-dealkylation sites (N-methyl/N-ethyl adjacent to an activating group) is 1. The third-order valence-electron chi connectivity index (χ3n) is 3.76. The molecule has 0 saturated heterocycles. The van der Waals surface area contributed by atoms with Gasteiger partial charge in [-0.1, -0.05) is 12.1 Å². The van der Waals surface area contributed by atoms with Crippen molar-refractivity contribution in [2.45, 2.75) is 11.4 Å². The molecule has 140 valence electrons. The molecule has 2 aromatic carbocycles. The minimum atomic E-state index is -0.327. The van der Waals surface area contributed by atoms with Gasteiger partial charge in [-0.15, -0.1) is 22.0 Å². The summed E-state index contributed by atoms with van der Waals surface area (Å²) < 4.78 is 18.6. The van der Waals surface area contributed by atoms with Crippen LogP contribution in [0.2, 0.25) is 0 Å². The van der Waals surface area contributed by atoms with Crippen LogP contribution in [0, 0.1) is 5.82 Å². The minimum Gasteiger partial charge on any atom is -0.419 e. The van der Waals surface area contributed by atoms with E-state index in [1.54, 1.807) is 35.8 Å². The topological polar surface area (TPSA) is 71.3 Å². The highest BCUT2D eigenvalue weighted by Crippen LogP contribution is 2.24. The second-order valence-corrected chi connectivity index (χ2v) is 6.78. The van der Waals surface area contributed by atoms with Gasteiger partial charge in [-0.05, 0) is 49.7 Å². The van der Waals surface area contributed by atoms with Crippen molar-refractivity contribution in [1.29, 1.82) is 0 Å². The lowest BCUT2D eigenvalue weighted by Gasteiger charge is -2.15. The summed E-state index contributed by atoms with van der Waals surface area (Å²) >= 11 is 1.58. The fourth-order valence-corrected chi connectivity index (χ4v) is 3.05. The van der Waals surface area contributed by atoms with Gasteiger partial charge in [0.15, 0.2) is 0 Å². The summed E-state index contributed by atoms with van der Waals surface area (Å²) in [6.45, 7) is 0.503. The summed E-state index contributed by atoms with van der Waals surface area (Å²) in [7, 11) is 1.79. The first kappa shape index (κ1) is 19.1. The summed E-state index contributed by atoms with van der Waals surface area (Å²) in [5, 5.41) is 10.9. The number of hydrogen-bond acceptors (Lipinski definition) is 6. The third kappa shape index (κ3) is 5.15. The maximum atomic E-state index is 13.0. The van der Waals surface area contributed by atoms with Crippen LogP contribution in [0.3, 0.4) is 0 Å². The van der Waals surface area contributed by atoms with E-state index in [0.717, 1.165) is 10.6 Å². The molecule has 0 fully saturated rings. The lowest BCUT2D eigenvalue weighted by Crippen LogP contribution is -2.30. The number of carbonyl (C=O) groups excluding carboxylic acids is 1. The van der Waals surface area contributed by atoms with Crippen molar-refractivity contribution in [3.05, 3.63) is 60.2 Å². The molecule has 6 nitrogen and oxygen atoms in total. The maximum absolute atomic E-state index is 13.0. The van der Waals surface area contributed by atoms with E-state index in [-0.39, 0.29) is 18.3 Å². The average molecular weight is 386 g/mol. The summed E-state index contributed by atoms with van der Waals surface area (Å²) in [5.41, 5.74) is 1.43. The van der Waals surface area contributed by atoms with E-state index in [9.17, 15) is 9.18 Å². The number of carbonyl (C=O) groups is 1. The maximum Gasteiger partial charge on any atom is 0.247 e. The number of halogens is 1. The van der Waals surface area contributed by atoms with Gasteiger partial charge in [0.05, 0.1) is 18.8 Å². The molecule has 1 heterocycles. The lowest BCUT2D eigenvalue weighted by molar-refractivity contribution is -0.117. The molecule has 0 aliphatic carbocycles. The number of amides is 1. The molecule has 1 N–H and O–H groups in total. The molecule has 3 rings (SSSR count). The molecule has 0 atom stereocenters. The molecule has 0 aliphatic rings. The van der Waals surface area contributed by atoms with Crippen LogP contribution in [0.4, 0.5) is 10.1 Å². The summed E-state index contributed by atoms with van der Waals surface area (Å²) in [4.78, 5) is 15.1. The molecule has 0 saturated carbocycles. The number of para-hydroxylation sites is 1. The van der Waals surface area contributed by atoms with Crippen LogP contribution in [0.5, 0.6) is 0 Å². The third-order valence-corrected chi connectivity index (χ3v) is 4.55. The van der Waals surface area contributed by atoms with Gasteiger partial charge in [-0.2, -0.15) is 0 Å². The Morgan fingerprint density at radius 1 is 1.19 bits per heavy atom. The Labute approximate surface area is 160 Å². The predicted octanol–water partition coefficient (Wildman–Crippen LogP) is 3.67. The first-order valence-corrected chi connectivity index (χ1v) is 9.47. The van der Waals surface area contributed by atoms with Crippen molar-refractivity contribution in [3.63, 3.8) is 0 Å². The number of benzene rings is 2. The Morgan fingerprint density at radius 3 is 2.67 bits per heavy atom. The van der Waals surface area contributed by atoms with E-state index < -0.39 is 0 Å². The zero-order valence-electron chi connectivity index (χ0n) is 15.0. The van der Waals surface area contributed by atoms with Gasteiger partial charge in [0.2, 0.25) is 17.7 Å². The number of nitrogens with one attached hydrogen (secondary N) is 1. The Morgan fingerprint density at radius 2 is 1.93 bits per heavy atom. The largest absolute Gasteiger partial charge is 0.419 e. The Kier molecular flexibility index (Phi) is 6.20. The number of thioether (sulfide) groups is 1. The van der Waals surface area contributed by atoms with Crippen molar-refractivity contribution in [2.24, 2.45) is 0 Å². The molecule has 1 aromatic heterocycles. The Hall–Kier alpha value is -2.71. The molecule has 27 heavy (non-hydrogen) atoms. The fraction of sp³-hybridized carbons (Fsp3) is 0.211. The molecular formula is C19H19FN4O2S. The lowest BCUT2D eigenvalue weighted by atomic mass is 10.2. The summed E-state index contributed by atoms with van der Waals surface area (Å²) in [6.07, 6.45) is 1.96. The van der Waals surface area contributed by atoms with Crippen molar-refractivity contribution in [3.8, 4) is 11.5 Å². The SMILES string of the molecule is CSc1ccccc1NC(=O)CN(C)Cc1nnc(-c2ccc(F)cc2)o1. The molecule has 0 radical (unpaired) electrons. The van der Waals surface area contributed by atoms with Gasteiger partial charge in [0.1, 0.15) is 5.82 Å². The van der Waals surface area contributed by atoms with Crippen molar-refractivity contribution < 1.29 is 13.6 Å². The minimum absolute atomic E-state index is 0.128. The van der Waals surface area contributed by atoms with Crippen LogP contribution in [-0.2, 0) is 11.3 Å². The molecule has 0 spiro atoms. The highest BCUT2D eigenvalue weighted by Gasteiger charge is 2.14. The van der Waals surface area contributed by atoms with E-state index >= 15 is 0 Å². The smallest absolute Gasteiger partial charge is 0.247 e. The molecule has 0 unspecified atom stereocenters. The molecule has 0 aliphatic heterocycles. The van der Waals surface area contributed by atoms with E-state index in [1.807, 2.05) is 30.5 Å². The van der Waals surface area contributed by atoms with Crippen LogP contribution < -0.4 is 5.32 Å². The predicted molar refractivity (Wildman–Crippen MR) is 103 cm³/mol. The van der Waals surface area contributed by atoms with Crippen LogP contribution in [0.15, 0.2) is 57.8 Å². The normalized spacial score (nSPS) is 11.0. The number of anilines is 1. The molecule has 1 amide bonds. The van der Waals surface area contributed by atoms with Gasteiger partial charge in [0, 0.05) is 10.5 Å². The number of nitrogens with zero attached hydrogens (tertiary/aromatic N) is 3. The number of hydrogen-bond donors (Lipinski definition) is 1. The quantitative estimate of drug-likeness (QED) is 0.625. The second kappa shape index (κ2) is 8.79. The van der Waals surface area contributed by atoms with Crippen molar-refractivity contribution in [2.75, 3.05) is 25.2 Å². The van der Waals surface area contributed by atoms with Crippen molar-refractivity contribution in [1.82, 2.24) is 15.1 Å². The van der Waals surface area contributed by atoms with Gasteiger partial charge in [-0.25, -0.2) is 4.39 Å². The molecule has 3 aromatic rings. The van der Waals surface area contributed by atoms with Crippen LogP contribution in [0.25, 0.3) is 11.5 Å². The van der Waals surface area contributed by atoms with Gasteiger partial charge in [0.25, 0.3) is 0 Å². The molecular weight excluding hydrogens is 367 g/mol. The number of rotatable bonds is 7. The first-order chi connectivity index (χ1) is 13.0. The van der Waals surface area contributed by atoms with E-state index in [2.05, 4.69) is 15.5 Å². The van der Waals surface area contributed by atoms with E-state index in [4.69, 9.17) is 4.42 Å². The average Bonchev–Trinajstić information content (AvgIpc) is 3.10. The first-order valence-electron chi connectivity index (χ1n) is 8.25. The Balaban J connectivity index is 1.57. The van der Waals surface area contributed by atoms with Gasteiger partial charge < -0.3 is 9.73 Å². The zero-order valence-corrected chi connectivity index (χ0v) is 15.8. The van der Waals surface area contributed by atoms with Gasteiger partial charge >= 0.3 is 0 Å². The highest BCUT2D eigenvalue weighted by atomic mass is 32.2. The standard InChI is InChI=1S/C19H19FN4O2S/c1-24(11-17(25)21-15-5-3-4-6-16(15)27-2)12-18-22-23-19(26-18)13-7-9-14(20)10-8-13/h3-10H,11-12H2,1-2H3,(H,21,25). The molecule has 0 bridgehead atoms. The fourth-order valence-electron chi connectivity index (χ4n) is 2.50. The van der Waals surface area contributed by atoms with E-state index in [0.29, 0.717) is 23.9 Å². The Bertz CT molecular complexity index is 914. The number of aromatic nitrogens is 2. The van der Waals surface area contributed by atoms with E-state index in [1.165, 1.54) is 12.1 Å². The van der Waals surface area contributed by atoms with Gasteiger partial charge in [-0.3, -0.25) is 9.69 Å². The summed E-state index contributed by atoms with van der Waals surface area (Å²) in [5.74, 6) is 0.246. The van der Waals surface area contributed by atoms with Crippen LogP contribution in [-0.4, -0.2) is 40.9 Å². The van der Waals surface area contributed by atoms with Crippen LogP contribution >= 0.6 is 11.8 Å². The second-order valence-electron chi connectivity index (χ2n) is 5.93. The zero-order chi connectivity index (χ0) is 19.2. The monoisotopic (exact) mass is 386 g/mol. The highest BCUT2D eigenvalue weighted by molar-refractivity contribution is 7.98. The summed E-state index contributed by atoms with van der Waals surface area (Å²) in [6, 6.07) is 13.5.